The molecule has 0 bridgehead atoms. The fraction of sp³-hybridized carbons (Fsp3) is 0.421. The van der Waals surface area contributed by atoms with Crippen LogP contribution in [0.3, 0.4) is 0 Å². The van der Waals surface area contributed by atoms with Gasteiger partial charge in [-0.05, 0) is 50.2 Å². The molecule has 5 nitrogen and oxygen atoms in total. The zero-order valence-corrected chi connectivity index (χ0v) is 14.4. The highest BCUT2D eigenvalue weighted by Gasteiger charge is 2.25. The van der Waals surface area contributed by atoms with Crippen molar-refractivity contribution in [2.24, 2.45) is 0 Å². The summed E-state index contributed by atoms with van der Waals surface area (Å²) in [5, 5.41) is 2.81. The van der Waals surface area contributed by atoms with Gasteiger partial charge in [-0.3, -0.25) is 9.69 Å². The lowest BCUT2D eigenvalue weighted by Gasteiger charge is -2.33. The Kier molecular flexibility index (Phi) is 6.22. The van der Waals surface area contributed by atoms with E-state index in [2.05, 4.69) is 10.2 Å². The van der Waals surface area contributed by atoms with Crippen molar-refractivity contribution in [3.63, 3.8) is 0 Å². The van der Waals surface area contributed by atoms with E-state index in [1.165, 1.54) is 6.42 Å². The van der Waals surface area contributed by atoms with Gasteiger partial charge in [0.25, 0.3) is 5.91 Å². The molecule has 0 spiro atoms. The molecule has 0 aliphatic carbocycles. The Labute approximate surface area is 150 Å². The summed E-state index contributed by atoms with van der Waals surface area (Å²) in [5.41, 5.74) is 0. The summed E-state index contributed by atoms with van der Waals surface area (Å²) in [4.78, 5) is 14.4. The zero-order valence-electron chi connectivity index (χ0n) is 14.4. The Balaban J connectivity index is 1.53. The Hall–Kier alpha value is -2.41. The van der Waals surface area contributed by atoms with Crippen LogP contribution in [0.5, 0.6) is 5.75 Å². The molecule has 1 aliphatic rings. The first-order chi connectivity index (χ1) is 12.6. The number of halogens is 2. The molecule has 1 fully saturated rings. The van der Waals surface area contributed by atoms with Crippen molar-refractivity contribution in [3.8, 4) is 5.75 Å². The van der Waals surface area contributed by atoms with Crippen LogP contribution in [0, 0.1) is 11.6 Å². The van der Waals surface area contributed by atoms with Gasteiger partial charge in [0, 0.05) is 12.6 Å². The van der Waals surface area contributed by atoms with Crippen molar-refractivity contribution in [2.75, 3.05) is 26.2 Å². The molecule has 1 unspecified atom stereocenters. The van der Waals surface area contributed by atoms with Crippen molar-refractivity contribution in [1.82, 2.24) is 10.2 Å². The van der Waals surface area contributed by atoms with E-state index in [-0.39, 0.29) is 24.3 Å². The minimum Gasteiger partial charge on any atom is -0.481 e. The van der Waals surface area contributed by atoms with Gasteiger partial charge in [-0.15, -0.1) is 0 Å². The fourth-order valence-corrected chi connectivity index (χ4v) is 3.12. The number of benzene rings is 1. The molecule has 1 aromatic carbocycles. The summed E-state index contributed by atoms with van der Waals surface area (Å²) in [7, 11) is 0. The van der Waals surface area contributed by atoms with Crippen molar-refractivity contribution in [3.05, 3.63) is 54.0 Å². The van der Waals surface area contributed by atoms with E-state index in [0.29, 0.717) is 6.54 Å². The molecule has 7 heteroatoms. The number of carbonyl (C=O) groups is 1. The van der Waals surface area contributed by atoms with E-state index in [1.54, 1.807) is 6.26 Å². The maximum absolute atomic E-state index is 13.5. The van der Waals surface area contributed by atoms with E-state index in [9.17, 15) is 13.6 Å². The van der Waals surface area contributed by atoms with E-state index in [0.717, 1.165) is 49.9 Å². The van der Waals surface area contributed by atoms with E-state index < -0.39 is 11.6 Å². The van der Waals surface area contributed by atoms with Crippen molar-refractivity contribution < 1.29 is 22.7 Å². The molecule has 1 amide bonds. The molecular weight excluding hydrogens is 342 g/mol. The van der Waals surface area contributed by atoms with Crippen molar-refractivity contribution in [1.29, 1.82) is 0 Å². The molecule has 0 radical (unpaired) electrons. The lowest BCUT2D eigenvalue weighted by molar-refractivity contribution is -0.123. The number of hydrogen-bond acceptors (Lipinski definition) is 4. The number of amides is 1. The molecule has 1 atom stereocenters. The van der Waals surface area contributed by atoms with Gasteiger partial charge < -0.3 is 14.5 Å². The maximum Gasteiger partial charge on any atom is 0.258 e. The van der Waals surface area contributed by atoms with Gasteiger partial charge in [0.2, 0.25) is 0 Å². The Morgan fingerprint density at radius 3 is 2.73 bits per heavy atom. The normalized spacial score (nSPS) is 16.2. The standard InChI is InChI=1S/C19H22F2N2O3/c20-14-6-7-17(15(21)11-14)26-13-19(24)22-12-16(18-5-4-10-25-18)23-8-2-1-3-9-23/h4-7,10-11,16H,1-3,8-9,12-13H2,(H,22,24). The van der Waals surface area contributed by atoms with E-state index in [1.807, 2.05) is 12.1 Å². The lowest BCUT2D eigenvalue weighted by atomic mass is 10.1. The SMILES string of the molecule is O=C(COc1ccc(F)cc1F)NCC(c1ccco1)N1CCCCC1. The van der Waals surface area contributed by atoms with E-state index >= 15 is 0 Å². The van der Waals surface area contributed by atoms with Gasteiger partial charge in [-0.25, -0.2) is 8.78 Å². The fourth-order valence-electron chi connectivity index (χ4n) is 3.12. The smallest absolute Gasteiger partial charge is 0.258 e. The van der Waals surface area contributed by atoms with Gasteiger partial charge in [0.1, 0.15) is 11.6 Å². The summed E-state index contributed by atoms with van der Waals surface area (Å²) in [5.74, 6) is -1.25. The van der Waals surface area contributed by atoms with E-state index in [4.69, 9.17) is 9.15 Å². The van der Waals surface area contributed by atoms with Gasteiger partial charge in [0.15, 0.2) is 18.2 Å². The van der Waals surface area contributed by atoms with Crippen LogP contribution < -0.4 is 10.1 Å². The summed E-state index contributed by atoms with van der Waals surface area (Å²) in [6, 6.07) is 6.65. The molecule has 2 aromatic rings. The van der Waals surface area contributed by atoms with Crippen molar-refractivity contribution >= 4 is 5.91 Å². The highest BCUT2D eigenvalue weighted by molar-refractivity contribution is 5.77. The molecule has 1 saturated heterocycles. The van der Waals surface area contributed by atoms with Crippen LogP contribution in [0.4, 0.5) is 8.78 Å². The molecule has 1 N–H and O–H groups in total. The number of rotatable bonds is 7. The van der Waals surface area contributed by atoms with Gasteiger partial charge in [-0.1, -0.05) is 6.42 Å². The Morgan fingerprint density at radius 1 is 1.23 bits per heavy atom. The minimum atomic E-state index is -0.834. The van der Waals surface area contributed by atoms with Crippen molar-refractivity contribution in [2.45, 2.75) is 25.3 Å². The third-order valence-electron chi connectivity index (χ3n) is 4.45. The van der Waals surface area contributed by atoms with Crippen LogP contribution in [0.1, 0.15) is 31.1 Å². The second-order valence-electron chi connectivity index (χ2n) is 6.30. The number of nitrogens with one attached hydrogen (secondary N) is 1. The Bertz CT molecular complexity index is 716. The monoisotopic (exact) mass is 364 g/mol. The van der Waals surface area contributed by atoms with Crippen LogP contribution >= 0.6 is 0 Å². The first kappa shape index (κ1) is 18.4. The number of ether oxygens (including phenoxy) is 1. The zero-order chi connectivity index (χ0) is 18.4. The van der Waals surface area contributed by atoms with Crippen LogP contribution in [0.15, 0.2) is 41.0 Å². The average Bonchev–Trinajstić information content (AvgIpc) is 3.16. The second kappa shape index (κ2) is 8.80. The number of piperidine rings is 1. The number of furan rings is 1. The van der Waals surface area contributed by atoms with Crippen LogP contribution in [0.25, 0.3) is 0 Å². The first-order valence-corrected chi connectivity index (χ1v) is 8.75. The average molecular weight is 364 g/mol. The van der Waals surface area contributed by atoms with Gasteiger partial charge >= 0.3 is 0 Å². The van der Waals surface area contributed by atoms with Gasteiger partial charge in [-0.2, -0.15) is 0 Å². The highest BCUT2D eigenvalue weighted by atomic mass is 19.1. The molecule has 26 heavy (non-hydrogen) atoms. The summed E-state index contributed by atoms with van der Waals surface area (Å²) in [6.45, 7) is 1.95. The molecular formula is C19H22F2N2O3. The predicted octanol–water partition coefficient (Wildman–Crippen LogP) is 3.28. The number of likely N-dealkylation sites (tertiary alicyclic amines) is 1. The second-order valence-corrected chi connectivity index (χ2v) is 6.30. The number of nitrogens with zero attached hydrogens (tertiary/aromatic N) is 1. The van der Waals surface area contributed by atoms with Crippen LogP contribution in [0.2, 0.25) is 0 Å². The predicted molar refractivity (Wildman–Crippen MR) is 91.7 cm³/mol. The molecule has 1 aromatic heterocycles. The maximum atomic E-state index is 13.5. The quantitative estimate of drug-likeness (QED) is 0.819. The minimum absolute atomic E-state index is 0.0446. The topological polar surface area (TPSA) is 54.7 Å². The third-order valence-corrected chi connectivity index (χ3v) is 4.45. The molecule has 1 aliphatic heterocycles. The summed E-state index contributed by atoms with van der Waals surface area (Å²) in [6.07, 6.45) is 5.08. The molecule has 3 rings (SSSR count). The molecule has 0 saturated carbocycles. The highest BCUT2D eigenvalue weighted by Crippen LogP contribution is 2.24. The van der Waals surface area contributed by atoms with Gasteiger partial charge in [0.05, 0.1) is 12.3 Å². The van der Waals surface area contributed by atoms with Crippen LogP contribution in [-0.4, -0.2) is 37.0 Å². The number of carbonyl (C=O) groups excluding carboxylic acids is 1. The van der Waals surface area contributed by atoms with Crippen LogP contribution in [-0.2, 0) is 4.79 Å². The first-order valence-electron chi connectivity index (χ1n) is 8.75. The number of hydrogen-bond donors (Lipinski definition) is 1. The molecule has 2 heterocycles. The largest absolute Gasteiger partial charge is 0.481 e. The lowest BCUT2D eigenvalue weighted by Crippen LogP contribution is -2.41. The Morgan fingerprint density at radius 2 is 2.04 bits per heavy atom. The third kappa shape index (κ3) is 4.82. The summed E-state index contributed by atoms with van der Waals surface area (Å²) >= 11 is 0. The molecule has 140 valence electrons. The summed E-state index contributed by atoms with van der Waals surface area (Å²) < 4.78 is 37.1.